The van der Waals surface area contributed by atoms with Gasteiger partial charge in [0.05, 0.1) is 16.8 Å². The highest BCUT2D eigenvalue weighted by Gasteiger charge is 2.08. The zero-order chi connectivity index (χ0) is 26.0. The molecule has 0 saturated carbocycles. The largest absolute Gasteiger partial charge is 0.494 e. The summed E-state index contributed by atoms with van der Waals surface area (Å²) in [7, 11) is 0. The quantitative estimate of drug-likeness (QED) is 0.130. The van der Waals surface area contributed by atoms with Crippen molar-refractivity contribution in [3.8, 4) is 16.3 Å². The molecule has 1 heterocycles. The Balaban J connectivity index is 1.35. The fourth-order valence-electron chi connectivity index (χ4n) is 5.01. The van der Waals surface area contributed by atoms with Gasteiger partial charge in [0.2, 0.25) is 0 Å². The predicted octanol–water partition coefficient (Wildman–Crippen LogP) is 11.6. The maximum atomic E-state index is 5.97. The number of ether oxygens (including phenoxy) is 1. The van der Waals surface area contributed by atoms with Gasteiger partial charge in [0.1, 0.15) is 10.8 Å². The molecule has 0 radical (unpaired) electrons. The summed E-state index contributed by atoms with van der Waals surface area (Å²) in [6.45, 7) is 5.38. The molecule has 0 bridgehead atoms. The van der Waals surface area contributed by atoms with E-state index in [1.165, 1.54) is 125 Å². The van der Waals surface area contributed by atoms with Gasteiger partial charge in [-0.3, -0.25) is 0 Å². The lowest BCUT2D eigenvalue weighted by molar-refractivity contribution is 0.304. The summed E-state index contributed by atoms with van der Waals surface area (Å²) in [5.41, 5.74) is 3.75. The third-order valence-electron chi connectivity index (χ3n) is 7.39. The van der Waals surface area contributed by atoms with E-state index in [0.717, 1.165) is 29.3 Å². The fraction of sp³-hybridized carbons (Fsp3) is 0.618. The Kier molecular flexibility index (Phi) is 14.8. The molecule has 3 rings (SSSR count). The second-order valence-electron chi connectivity index (χ2n) is 10.7. The first kappa shape index (κ1) is 29.7. The van der Waals surface area contributed by atoms with E-state index in [9.17, 15) is 0 Å². The van der Waals surface area contributed by atoms with Crippen LogP contribution in [0.1, 0.15) is 129 Å². The maximum Gasteiger partial charge on any atom is 0.124 e. The van der Waals surface area contributed by atoms with Crippen molar-refractivity contribution in [2.75, 3.05) is 6.61 Å². The van der Waals surface area contributed by atoms with Crippen LogP contribution >= 0.6 is 11.3 Å². The fourth-order valence-corrected chi connectivity index (χ4v) is 6.04. The monoisotopic (exact) mass is 521 g/mol. The Morgan fingerprint density at radius 1 is 0.622 bits per heavy atom. The first-order valence-corrected chi connectivity index (χ1v) is 16.2. The van der Waals surface area contributed by atoms with Crippen LogP contribution in [0.25, 0.3) is 20.8 Å². The molecule has 37 heavy (non-hydrogen) atoms. The van der Waals surface area contributed by atoms with Crippen LogP contribution in [0.3, 0.4) is 0 Å². The van der Waals surface area contributed by atoms with Gasteiger partial charge < -0.3 is 4.74 Å². The summed E-state index contributed by atoms with van der Waals surface area (Å²) < 4.78 is 7.27. The van der Waals surface area contributed by atoms with Gasteiger partial charge >= 0.3 is 0 Å². The van der Waals surface area contributed by atoms with Gasteiger partial charge in [-0.15, -0.1) is 11.3 Å². The number of fused-ring (bicyclic) bond motifs is 1. The number of nitrogens with zero attached hydrogens (tertiary/aromatic N) is 1. The number of unbranched alkanes of at least 4 members (excludes halogenated alkanes) is 15. The minimum absolute atomic E-state index is 0.816. The predicted molar refractivity (Wildman–Crippen MR) is 164 cm³/mol. The third kappa shape index (κ3) is 11.6. The molecule has 1 aromatic heterocycles. The van der Waals surface area contributed by atoms with Gasteiger partial charge in [-0.25, -0.2) is 4.98 Å². The van der Waals surface area contributed by atoms with Crippen molar-refractivity contribution in [3.05, 3.63) is 48.0 Å². The Bertz CT molecular complexity index is 977. The summed E-state index contributed by atoms with van der Waals surface area (Å²) in [6.07, 6.45) is 24.3. The molecule has 2 aromatic carbocycles. The van der Waals surface area contributed by atoms with Gasteiger partial charge in [0.25, 0.3) is 0 Å². The lowest BCUT2D eigenvalue weighted by Gasteiger charge is -2.06. The molecule has 204 valence electrons. The molecule has 0 aliphatic heterocycles. The van der Waals surface area contributed by atoms with Crippen LogP contribution in [0.2, 0.25) is 0 Å². The Labute approximate surface area is 231 Å². The number of benzene rings is 2. The van der Waals surface area contributed by atoms with E-state index >= 15 is 0 Å². The molecule has 0 fully saturated rings. The molecular weight excluding hydrogens is 470 g/mol. The summed E-state index contributed by atoms with van der Waals surface area (Å²) in [4.78, 5) is 4.91. The average molecular weight is 522 g/mol. The molecule has 0 saturated heterocycles. The average Bonchev–Trinajstić information content (AvgIpc) is 3.35. The normalized spacial score (nSPS) is 11.4. The molecule has 2 nitrogen and oxygen atoms in total. The van der Waals surface area contributed by atoms with E-state index in [1.807, 2.05) is 11.3 Å². The van der Waals surface area contributed by atoms with E-state index in [2.05, 4.69) is 56.3 Å². The smallest absolute Gasteiger partial charge is 0.124 e. The van der Waals surface area contributed by atoms with Gasteiger partial charge in [0, 0.05) is 5.56 Å². The van der Waals surface area contributed by atoms with Crippen LogP contribution in [0, 0.1) is 0 Å². The minimum atomic E-state index is 0.816. The lowest BCUT2D eigenvalue weighted by atomic mass is 10.0. The lowest BCUT2D eigenvalue weighted by Crippen LogP contribution is -1.97. The number of aryl methyl sites for hydroxylation is 1. The van der Waals surface area contributed by atoms with E-state index in [-0.39, 0.29) is 0 Å². The Morgan fingerprint density at radius 3 is 1.81 bits per heavy atom. The molecular formula is C34H51NOS. The number of hydrogen-bond acceptors (Lipinski definition) is 3. The first-order chi connectivity index (χ1) is 18.3. The molecule has 0 aliphatic carbocycles. The zero-order valence-corrected chi connectivity index (χ0v) is 24.6. The minimum Gasteiger partial charge on any atom is -0.494 e. The highest BCUT2D eigenvalue weighted by Crippen LogP contribution is 2.32. The van der Waals surface area contributed by atoms with Crippen LogP contribution in [-0.4, -0.2) is 11.6 Å². The first-order valence-electron chi connectivity index (χ1n) is 15.4. The number of aromatic nitrogens is 1. The van der Waals surface area contributed by atoms with Crippen molar-refractivity contribution >= 4 is 21.6 Å². The highest BCUT2D eigenvalue weighted by atomic mass is 32.1. The summed E-state index contributed by atoms with van der Waals surface area (Å²) >= 11 is 1.81. The second kappa shape index (κ2) is 18.4. The van der Waals surface area contributed by atoms with Gasteiger partial charge in [-0.05, 0) is 61.2 Å². The molecule has 0 atom stereocenters. The molecule has 0 aliphatic rings. The standard InChI is InChI=1S/C34H51NOS/c1-3-5-7-9-11-12-13-14-16-18-20-29-21-26-32-33(28-29)37-34(35-32)30-22-24-31(25-23-30)36-27-19-17-15-10-8-6-4-2/h21-26,28H,3-20,27H2,1-2H3. The Morgan fingerprint density at radius 2 is 1.19 bits per heavy atom. The molecule has 3 aromatic rings. The van der Waals surface area contributed by atoms with Crippen LogP contribution < -0.4 is 4.74 Å². The maximum absolute atomic E-state index is 5.97. The third-order valence-corrected chi connectivity index (χ3v) is 8.46. The van der Waals surface area contributed by atoms with E-state index < -0.39 is 0 Å². The molecule has 0 N–H and O–H groups in total. The second-order valence-corrected chi connectivity index (χ2v) is 11.8. The Hall–Kier alpha value is -1.87. The molecule has 0 spiro atoms. The van der Waals surface area contributed by atoms with Gasteiger partial charge in [-0.2, -0.15) is 0 Å². The zero-order valence-electron chi connectivity index (χ0n) is 23.7. The van der Waals surface area contributed by atoms with Gasteiger partial charge in [0.15, 0.2) is 0 Å². The van der Waals surface area contributed by atoms with Crippen LogP contribution in [0.15, 0.2) is 42.5 Å². The summed E-state index contributed by atoms with van der Waals surface area (Å²) in [6, 6.07) is 15.4. The van der Waals surface area contributed by atoms with Crippen LogP contribution in [0.4, 0.5) is 0 Å². The van der Waals surface area contributed by atoms with Crippen molar-refractivity contribution in [1.82, 2.24) is 4.98 Å². The van der Waals surface area contributed by atoms with Crippen LogP contribution in [0.5, 0.6) is 5.75 Å². The van der Waals surface area contributed by atoms with Crippen molar-refractivity contribution in [1.29, 1.82) is 0 Å². The molecule has 3 heteroatoms. The SMILES string of the molecule is CCCCCCCCCCCCc1ccc2nc(-c3ccc(OCCCCCCCCC)cc3)sc2c1. The summed E-state index contributed by atoms with van der Waals surface area (Å²) in [5, 5.41) is 1.10. The van der Waals surface area contributed by atoms with E-state index in [1.54, 1.807) is 0 Å². The number of hydrogen-bond donors (Lipinski definition) is 0. The summed E-state index contributed by atoms with van der Waals surface area (Å²) in [5.74, 6) is 0.967. The molecule has 0 unspecified atom stereocenters. The van der Waals surface area contributed by atoms with E-state index in [0.29, 0.717) is 0 Å². The number of thiazole rings is 1. The van der Waals surface area contributed by atoms with Crippen molar-refractivity contribution in [2.24, 2.45) is 0 Å². The van der Waals surface area contributed by atoms with Crippen molar-refractivity contribution < 1.29 is 4.74 Å². The molecule has 0 amide bonds. The van der Waals surface area contributed by atoms with Crippen LogP contribution in [-0.2, 0) is 6.42 Å². The topological polar surface area (TPSA) is 22.1 Å². The van der Waals surface area contributed by atoms with Gasteiger partial charge in [-0.1, -0.05) is 116 Å². The van der Waals surface area contributed by atoms with Crippen molar-refractivity contribution in [2.45, 2.75) is 129 Å². The highest BCUT2D eigenvalue weighted by molar-refractivity contribution is 7.21. The van der Waals surface area contributed by atoms with E-state index in [4.69, 9.17) is 9.72 Å². The number of rotatable bonds is 21. The van der Waals surface area contributed by atoms with Crippen molar-refractivity contribution in [3.63, 3.8) is 0 Å².